The smallest absolute Gasteiger partial charge is 0.257 e. The first-order valence-electron chi connectivity index (χ1n) is 9.09. The van der Waals surface area contributed by atoms with Gasteiger partial charge in [0.1, 0.15) is 0 Å². The van der Waals surface area contributed by atoms with Gasteiger partial charge in [0.2, 0.25) is 11.8 Å². The Bertz CT molecular complexity index is 943. The molecule has 0 atom stereocenters. The second-order valence-electron chi connectivity index (χ2n) is 6.62. The van der Waals surface area contributed by atoms with Gasteiger partial charge in [-0.3, -0.25) is 30.6 Å². The van der Waals surface area contributed by atoms with Gasteiger partial charge >= 0.3 is 0 Å². The number of carbonyl (C=O) groups is 3. The summed E-state index contributed by atoms with van der Waals surface area (Å²) in [6, 6.07) is 12.7. The maximum Gasteiger partial charge on any atom is 0.257 e. The van der Waals surface area contributed by atoms with Crippen molar-refractivity contribution in [3.05, 3.63) is 64.7 Å². The maximum absolute atomic E-state index is 12.1. The molecule has 8 heteroatoms. The molecule has 0 radical (unpaired) electrons. The molecule has 0 aliphatic heterocycles. The Kier molecular flexibility index (Phi) is 7.85. The summed E-state index contributed by atoms with van der Waals surface area (Å²) in [5, 5.41) is 5.21. The monoisotopic (exact) mass is 412 g/mol. The van der Waals surface area contributed by atoms with Crippen LogP contribution in [0.2, 0.25) is 0 Å². The van der Waals surface area contributed by atoms with Crippen molar-refractivity contribution in [3.8, 4) is 0 Å². The van der Waals surface area contributed by atoms with E-state index >= 15 is 0 Å². The fraction of sp³-hybridized carbons (Fsp3) is 0.238. The quantitative estimate of drug-likeness (QED) is 0.447. The van der Waals surface area contributed by atoms with Gasteiger partial charge in [-0.2, -0.15) is 0 Å². The zero-order chi connectivity index (χ0) is 21.4. The van der Waals surface area contributed by atoms with E-state index < -0.39 is 5.91 Å². The molecule has 0 heterocycles. The molecule has 0 unspecified atom stereocenters. The first-order valence-corrected chi connectivity index (χ1v) is 9.50. The minimum Gasteiger partial charge on any atom is -0.326 e. The van der Waals surface area contributed by atoms with Crippen molar-refractivity contribution in [1.29, 1.82) is 0 Å². The highest BCUT2D eigenvalue weighted by molar-refractivity contribution is 7.80. The van der Waals surface area contributed by atoms with Crippen LogP contribution >= 0.6 is 12.2 Å². The molecule has 0 saturated carbocycles. The molecule has 0 fully saturated rings. The number of anilines is 1. The molecule has 0 bridgehead atoms. The largest absolute Gasteiger partial charge is 0.326 e. The predicted octanol–water partition coefficient (Wildman–Crippen LogP) is 2.67. The Labute approximate surface area is 175 Å². The maximum atomic E-state index is 12.1. The first-order chi connectivity index (χ1) is 13.8. The Balaban J connectivity index is 1.71. The lowest BCUT2D eigenvalue weighted by molar-refractivity contribution is -0.124. The number of thiocarbonyl (C=S) groups is 1. The van der Waals surface area contributed by atoms with Gasteiger partial charge < -0.3 is 5.32 Å². The van der Waals surface area contributed by atoms with Gasteiger partial charge in [0.15, 0.2) is 5.11 Å². The number of rotatable bonds is 5. The van der Waals surface area contributed by atoms with Crippen LogP contribution in [0.5, 0.6) is 0 Å². The Morgan fingerprint density at radius 3 is 2.21 bits per heavy atom. The lowest BCUT2D eigenvalue weighted by atomic mass is 10.1. The average molecular weight is 413 g/mol. The number of hydrazine groups is 1. The van der Waals surface area contributed by atoms with Gasteiger partial charge in [-0.15, -0.1) is 0 Å². The SMILES string of the molecule is Cc1ccc(NC(=O)CCC(=O)NNC(=S)NC(=O)c2ccccc2C)cc1C. The molecule has 2 aromatic rings. The summed E-state index contributed by atoms with van der Waals surface area (Å²) in [7, 11) is 0. The van der Waals surface area contributed by atoms with E-state index in [2.05, 4.69) is 21.5 Å². The van der Waals surface area contributed by atoms with Crippen molar-refractivity contribution in [2.75, 3.05) is 5.32 Å². The number of hydrogen-bond donors (Lipinski definition) is 4. The van der Waals surface area contributed by atoms with Crippen molar-refractivity contribution < 1.29 is 14.4 Å². The van der Waals surface area contributed by atoms with E-state index in [-0.39, 0.29) is 29.8 Å². The van der Waals surface area contributed by atoms with Gasteiger partial charge in [-0.1, -0.05) is 24.3 Å². The van der Waals surface area contributed by atoms with Gasteiger partial charge in [0.25, 0.3) is 5.91 Å². The summed E-state index contributed by atoms with van der Waals surface area (Å²) in [6.45, 7) is 5.77. The number of hydrogen-bond acceptors (Lipinski definition) is 4. The molecule has 0 aliphatic rings. The Morgan fingerprint density at radius 2 is 1.52 bits per heavy atom. The molecule has 7 nitrogen and oxygen atoms in total. The summed E-state index contributed by atoms with van der Waals surface area (Å²) >= 11 is 5.00. The van der Waals surface area contributed by atoms with Crippen LogP contribution < -0.4 is 21.5 Å². The number of amides is 3. The zero-order valence-electron chi connectivity index (χ0n) is 16.6. The topological polar surface area (TPSA) is 99.3 Å². The summed E-state index contributed by atoms with van der Waals surface area (Å²) in [5.74, 6) is -1.06. The van der Waals surface area contributed by atoms with Crippen LogP contribution in [0.25, 0.3) is 0 Å². The van der Waals surface area contributed by atoms with E-state index in [0.29, 0.717) is 11.3 Å². The number of aryl methyl sites for hydroxylation is 3. The molecule has 0 aliphatic carbocycles. The molecule has 2 aromatic carbocycles. The van der Waals surface area contributed by atoms with Crippen molar-refractivity contribution in [2.24, 2.45) is 0 Å². The molecule has 2 rings (SSSR count). The van der Waals surface area contributed by atoms with E-state index in [1.54, 1.807) is 12.1 Å². The van der Waals surface area contributed by atoms with E-state index in [1.807, 2.05) is 51.1 Å². The molecular formula is C21H24N4O3S. The standard InChI is InChI=1S/C21H24N4O3S/c1-13-8-9-16(12-15(13)3)22-18(26)10-11-19(27)24-25-21(29)23-20(28)17-7-5-4-6-14(17)2/h4-9,12H,10-11H2,1-3H3,(H,22,26)(H,24,27)(H2,23,25,28,29). The third-order valence-electron chi connectivity index (χ3n) is 4.30. The minimum absolute atomic E-state index is 0.0166. The van der Waals surface area contributed by atoms with Crippen LogP contribution in [0.1, 0.15) is 39.9 Å². The van der Waals surface area contributed by atoms with Gasteiger partial charge in [0.05, 0.1) is 0 Å². The van der Waals surface area contributed by atoms with Crippen LogP contribution in [-0.2, 0) is 9.59 Å². The van der Waals surface area contributed by atoms with E-state index in [9.17, 15) is 14.4 Å². The highest BCUT2D eigenvalue weighted by Gasteiger charge is 2.11. The fourth-order valence-corrected chi connectivity index (χ4v) is 2.63. The lowest BCUT2D eigenvalue weighted by Gasteiger charge is -2.12. The van der Waals surface area contributed by atoms with Gasteiger partial charge in [-0.05, 0) is 67.9 Å². The van der Waals surface area contributed by atoms with Crippen LogP contribution in [0, 0.1) is 20.8 Å². The second kappa shape index (κ2) is 10.3. The molecule has 0 aromatic heterocycles. The molecule has 3 amide bonds. The Morgan fingerprint density at radius 1 is 0.828 bits per heavy atom. The molecule has 29 heavy (non-hydrogen) atoms. The first kappa shape index (κ1) is 22.0. The summed E-state index contributed by atoms with van der Waals surface area (Å²) in [4.78, 5) is 36.0. The minimum atomic E-state index is -0.423. The summed E-state index contributed by atoms with van der Waals surface area (Å²) < 4.78 is 0. The van der Waals surface area contributed by atoms with Crippen LogP contribution in [0.4, 0.5) is 5.69 Å². The van der Waals surface area contributed by atoms with E-state index in [4.69, 9.17) is 12.2 Å². The van der Waals surface area contributed by atoms with Crippen molar-refractivity contribution in [2.45, 2.75) is 33.6 Å². The van der Waals surface area contributed by atoms with E-state index in [1.165, 1.54) is 0 Å². The van der Waals surface area contributed by atoms with Crippen LogP contribution in [0.3, 0.4) is 0 Å². The van der Waals surface area contributed by atoms with Gasteiger partial charge in [-0.25, -0.2) is 0 Å². The molecule has 4 N–H and O–H groups in total. The zero-order valence-corrected chi connectivity index (χ0v) is 17.4. The van der Waals surface area contributed by atoms with Crippen LogP contribution in [0.15, 0.2) is 42.5 Å². The van der Waals surface area contributed by atoms with Crippen LogP contribution in [-0.4, -0.2) is 22.8 Å². The third-order valence-corrected chi connectivity index (χ3v) is 4.51. The third kappa shape index (κ3) is 7.00. The summed E-state index contributed by atoms with van der Waals surface area (Å²) in [5.41, 5.74) is 9.03. The molecule has 152 valence electrons. The number of nitrogens with one attached hydrogen (secondary N) is 4. The molecule has 0 saturated heterocycles. The van der Waals surface area contributed by atoms with Crippen molar-refractivity contribution in [1.82, 2.24) is 16.2 Å². The van der Waals surface area contributed by atoms with E-state index in [0.717, 1.165) is 16.7 Å². The lowest BCUT2D eigenvalue weighted by Crippen LogP contribution is -2.48. The van der Waals surface area contributed by atoms with Gasteiger partial charge in [0, 0.05) is 24.1 Å². The molecular weight excluding hydrogens is 388 g/mol. The molecule has 0 spiro atoms. The number of carbonyl (C=O) groups excluding carboxylic acids is 3. The Hall–Kier alpha value is -3.26. The highest BCUT2D eigenvalue weighted by atomic mass is 32.1. The highest BCUT2D eigenvalue weighted by Crippen LogP contribution is 2.14. The average Bonchev–Trinajstić information content (AvgIpc) is 2.68. The number of benzene rings is 2. The van der Waals surface area contributed by atoms with Crippen molar-refractivity contribution >= 4 is 40.7 Å². The van der Waals surface area contributed by atoms with Crippen molar-refractivity contribution in [3.63, 3.8) is 0 Å². The second-order valence-corrected chi connectivity index (χ2v) is 7.03. The fourth-order valence-electron chi connectivity index (χ4n) is 2.49. The normalized spacial score (nSPS) is 10.0. The predicted molar refractivity (Wildman–Crippen MR) is 116 cm³/mol. The summed E-state index contributed by atoms with van der Waals surface area (Å²) in [6.07, 6.45) is -0.0131.